The van der Waals surface area contributed by atoms with E-state index in [0.717, 1.165) is 37.6 Å². The minimum absolute atomic E-state index is 0.0132. The van der Waals surface area contributed by atoms with Gasteiger partial charge in [0.05, 0.1) is 12.8 Å². The molecule has 0 atom stereocenters. The molecule has 1 aliphatic heterocycles. The molecule has 6 heteroatoms. The molecule has 1 aromatic carbocycles. The van der Waals surface area contributed by atoms with Crippen molar-refractivity contribution >= 4 is 11.5 Å². The first-order valence-electron chi connectivity index (χ1n) is 7.93. The van der Waals surface area contributed by atoms with E-state index in [0.29, 0.717) is 12.4 Å². The highest BCUT2D eigenvalue weighted by Gasteiger charge is 2.22. The summed E-state index contributed by atoms with van der Waals surface area (Å²) in [6, 6.07) is 8.03. The van der Waals surface area contributed by atoms with Crippen LogP contribution in [-0.4, -0.2) is 42.8 Å². The number of para-hydroxylation sites is 2. The predicted molar refractivity (Wildman–Crippen MR) is 91.6 cm³/mol. The van der Waals surface area contributed by atoms with Gasteiger partial charge in [-0.2, -0.15) is 0 Å². The third-order valence-electron chi connectivity index (χ3n) is 4.24. The summed E-state index contributed by atoms with van der Waals surface area (Å²) in [4.78, 5) is 21.0. The van der Waals surface area contributed by atoms with Gasteiger partial charge in [0.15, 0.2) is 5.82 Å². The summed E-state index contributed by atoms with van der Waals surface area (Å²) in [7, 11) is 1.69. The molecule has 0 radical (unpaired) electrons. The fourth-order valence-corrected chi connectivity index (χ4v) is 2.95. The Balaban J connectivity index is 1.75. The van der Waals surface area contributed by atoms with Crippen LogP contribution in [0, 0.1) is 0 Å². The first-order valence-corrected chi connectivity index (χ1v) is 7.93. The average molecular weight is 314 g/mol. The molecule has 1 saturated heterocycles. The van der Waals surface area contributed by atoms with Crippen molar-refractivity contribution in [2.45, 2.75) is 13.5 Å². The molecule has 0 spiro atoms. The maximum absolute atomic E-state index is 12.4. The van der Waals surface area contributed by atoms with Crippen molar-refractivity contribution in [3.63, 3.8) is 0 Å². The summed E-state index contributed by atoms with van der Waals surface area (Å²) in [5, 5.41) is 0. The molecule has 0 saturated carbocycles. The number of hydrogen-bond acceptors (Lipinski definition) is 5. The summed E-state index contributed by atoms with van der Waals surface area (Å²) in [5.74, 6) is 1.43. The fourth-order valence-electron chi connectivity index (χ4n) is 2.95. The molecule has 122 valence electrons. The number of nitrogens with zero attached hydrogens (tertiary/aromatic N) is 4. The monoisotopic (exact) mass is 314 g/mol. The third-order valence-corrected chi connectivity index (χ3v) is 4.24. The van der Waals surface area contributed by atoms with E-state index in [9.17, 15) is 4.79 Å². The van der Waals surface area contributed by atoms with Crippen molar-refractivity contribution in [3.05, 3.63) is 47.0 Å². The van der Waals surface area contributed by atoms with Gasteiger partial charge in [0.1, 0.15) is 5.75 Å². The highest BCUT2D eigenvalue weighted by Crippen LogP contribution is 2.28. The summed E-state index contributed by atoms with van der Waals surface area (Å²) < 4.78 is 7.13. The topological polar surface area (TPSA) is 50.6 Å². The van der Waals surface area contributed by atoms with Gasteiger partial charge in [-0.25, -0.2) is 4.98 Å². The summed E-state index contributed by atoms with van der Waals surface area (Å²) >= 11 is 0. The van der Waals surface area contributed by atoms with Crippen molar-refractivity contribution in [2.24, 2.45) is 0 Å². The Kier molecular flexibility index (Phi) is 4.50. The van der Waals surface area contributed by atoms with E-state index in [-0.39, 0.29) is 5.56 Å². The van der Waals surface area contributed by atoms with Crippen LogP contribution in [0.5, 0.6) is 5.75 Å². The Morgan fingerprint density at radius 3 is 2.52 bits per heavy atom. The molecule has 0 unspecified atom stereocenters. The maximum atomic E-state index is 12.4. The van der Waals surface area contributed by atoms with Crippen LogP contribution in [0.2, 0.25) is 0 Å². The van der Waals surface area contributed by atoms with Crippen molar-refractivity contribution in [2.75, 3.05) is 43.1 Å². The van der Waals surface area contributed by atoms with Crippen LogP contribution in [0.4, 0.5) is 11.5 Å². The molecule has 23 heavy (non-hydrogen) atoms. The molecule has 2 aromatic rings. The lowest BCUT2D eigenvalue weighted by Crippen LogP contribution is -2.48. The molecule has 1 aliphatic rings. The Bertz CT molecular complexity index is 721. The molecule has 0 amide bonds. The first kappa shape index (κ1) is 15.4. The third kappa shape index (κ3) is 3.02. The second kappa shape index (κ2) is 6.73. The van der Waals surface area contributed by atoms with Gasteiger partial charge in [-0.1, -0.05) is 12.1 Å². The van der Waals surface area contributed by atoms with Crippen molar-refractivity contribution in [1.82, 2.24) is 9.55 Å². The highest BCUT2D eigenvalue weighted by atomic mass is 16.5. The largest absolute Gasteiger partial charge is 0.495 e. The van der Waals surface area contributed by atoms with E-state index in [4.69, 9.17) is 4.74 Å². The lowest BCUT2D eigenvalue weighted by Gasteiger charge is -2.36. The number of aryl methyl sites for hydroxylation is 1. The zero-order valence-electron chi connectivity index (χ0n) is 13.6. The van der Waals surface area contributed by atoms with Crippen molar-refractivity contribution < 1.29 is 4.74 Å². The Labute approximate surface area is 135 Å². The van der Waals surface area contributed by atoms with Crippen LogP contribution >= 0.6 is 0 Å². The molecule has 2 heterocycles. The quantitative estimate of drug-likeness (QED) is 0.858. The molecule has 0 N–H and O–H groups in total. The van der Waals surface area contributed by atoms with E-state index >= 15 is 0 Å². The van der Waals surface area contributed by atoms with Crippen LogP contribution in [0.3, 0.4) is 0 Å². The van der Waals surface area contributed by atoms with Gasteiger partial charge in [0, 0.05) is 45.1 Å². The standard InChI is InChI=1S/C17H22N4O2/c1-3-19-9-8-18-16(17(19)22)21-12-10-20(11-13-21)14-6-4-5-7-15(14)23-2/h4-9H,3,10-13H2,1-2H3. The Hall–Kier alpha value is -2.50. The number of methoxy groups -OCH3 is 1. The number of hydrogen-bond donors (Lipinski definition) is 0. The van der Waals surface area contributed by atoms with Crippen LogP contribution in [0.1, 0.15) is 6.92 Å². The molecule has 1 aromatic heterocycles. The SMILES string of the molecule is CCn1ccnc(N2CCN(c3ccccc3OC)CC2)c1=O. The van der Waals surface area contributed by atoms with Crippen LogP contribution in [-0.2, 0) is 6.54 Å². The lowest BCUT2D eigenvalue weighted by atomic mass is 10.2. The second-order valence-corrected chi connectivity index (χ2v) is 5.49. The summed E-state index contributed by atoms with van der Waals surface area (Å²) in [6.45, 7) is 5.84. The van der Waals surface area contributed by atoms with Crippen LogP contribution < -0.4 is 20.1 Å². The van der Waals surface area contributed by atoms with E-state index in [1.807, 2.05) is 25.1 Å². The Morgan fingerprint density at radius 1 is 1.13 bits per heavy atom. The van der Waals surface area contributed by atoms with Crippen LogP contribution in [0.15, 0.2) is 41.5 Å². The molecule has 0 aliphatic carbocycles. The predicted octanol–water partition coefficient (Wildman–Crippen LogP) is 1.60. The molecule has 1 fully saturated rings. The van der Waals surface area contributed by atoms with Gasteiger partial charge in [-0.3, -0.25) is 4.79 Å². The molecule has 3 rings (SSSR count). The van der Waals surface area contributed by atoms with E-state index in [1.165, 1.54) is 0 Å². The zero-order chi connectivity index (χ0) is 16.2. The van der Waals surface area contributed by atoms with Gasteiger partial charge in [0.25, 0.3) is 5.56 Å². The minimum Gasteiger partial charge on any atom is -0.495 e. The molecular weight excluding hydrogens is 292 g/mol. The number of piperazine rings is 1. The molecule has 6 nitrogen and oxygen atoms in total. The fraction of sp³-hybridized carbons (Fsp3) is 0.412. The first-order chi connectivity index (χ1) is 11.2. The van der Waals surface area contributed by atoms with E-state index in [2.05, 4.69) is 20.9 Å². The number of anilines is 2. The molecular formula is C17H22N4O2. The molecule has 0 bridgehead atoms. The van der Waals surface area contributed by atoms with E-state index < -0.39 is 0 Å². The van der Waals surface area contributed by atoms with Gasteiger partial charge >= 0.3 is 0 Å². The summed E-state index contributed by atoms with van der Waals surface area (Å²) in [5.41, 5.74) is 1.09. The average Bonchev–Trinajstić information content (AvgIpc) is 2.62. The van der Waals surface area contributed by atoms with Gasteiger partial charge < -0.3 is 19.1 Å². The normalized spacial score (nSPS) is 14.9. The van der Waals surface area contributed by atoms with Gasteiger partial charge in [0.2, 0.25) is 0 Å². The smallest absolute Gasteiger partial charge is 0.293 e. The number of benzene rings is 1. The highest BCUT2D eigenvalue weighted by molar-refractivity contribution is 5.59. The van der Waals surface area contributed by atoms with Gasteiger partial charge in [-0.05, 0) is 19.1 Å². The Morgan fingerprint density at radius 2 is 1.83 bits per heavy atom. The number of rotatable bonds is 4. The number of aromatic nitrogens is 2. The lowest BCUT2D eigenvalue weighted by molar-refractivity contribution is 0.413. The van der Waals surface area contributed by atoms with Gasteiger partial charge in [-0.15, -0.1) is 0 Å². The minimum atomic E-state index is -0.0132. The van der Waals surface area contributed by atoms with Crippen molar-refractivity contribution in [1.29, 1.82) is 0 Å². The van der Waals surface area contributed by atoms with Crippen LogP contribution in [0.25, 0.3) is 0 Å². The zero-order valence-corrected chi connectivity index (χ0v) is 13.6. The second-order valence-electron chi connectivity index (χ2n) is 5.49. The maximum Gasteiger partial charge on any atom is 0.293 e. The number of ether oxygens (including phenoxy) is 1. The summed E-state index contributed by atoms with van der Waals surface area (Å²) in [6.07, 6.45) is 3.43. The van der Waals surface area contributed by atoms with E-state index in [1.54, 1.807) is 24.1 Å². The van der Waals surface area contributed by atoms with Crippen molar-refractivity contribution in [3.8, 4) is 5.75 Å².